The molecule has 0 spiro atoms. The van der Waals surface area contributed by atoms with Gasteiger partial charge in [0.1, 0.15) is 12.2 Å². The van der Waals surface area contributed by atoms with Gasteiger partial charge in [-0.3, -0.25) is 9.59 Å². The summed E-state index contributed by atoms with van der Waals surface area (Å²) in [6, 6.07) is 6.90. The molecule has 2 aromatic rings. The van der Waals surface area contributed by atoms with Crippen molar-refractivity contribution in [2.45, 2.75) is 6.42 Å². The average molecular weight is 244 g/mol. The van der Waals surface area contributed by atoms with Gasteiger partial charge in [0.25, 0.3) is 0 Å². The predicted molar refractivity (Wildman–Crippen MR) is 65.0 cm³/mol. The van der Waals surface area contributed by atoms with E-state index in [-0.39, 0.29) is 12.2 Å². The van der Waals surface area contributed by atoms with E-state index >= 15 is 0 Å². The summed E-state index contributed by atoms with van der Waals surface area (Å²) in [5, 5.41) is 0. The van der Waals surface area contributed by atoms with E-state index in [0.29, 0.717) is 5.56 Å². The first-order valence-corrected chi connectivity index (χ1v) is 5.40. The second kappa shape index (κ2) is 5.27. The van der Waals surface area contributed by atoms with Crippen LogP contribution in [0.4, 0.5) is 0 Å². The number of nitrogens with one attached hydrogen (secondary N) is 1. The maximum absolute atomic E-state index is 11.7. The number of H-pyrrole nitrogens is 1. The summed E-state index contributed by atoms with van der Waals surface area (Å²) in [5.74, 6) is -0.0510. The highest BCUT2D eigenvalue weighted by Gasteiger charge is 2.12. The average Bonchev–Trinajstić information content (AvgIpc) is 2.92. The first-order valence-electron chi connectivity index (χ1n) is 5.40. The first-order chi connectivity index (χ1) is 8.70. The van der Waals surface area contributed by atoms with Crippen molar-refractivity contribution in [2.24, 2.45) is 0 Å². The van der Waals surface area contributed by atoms with Crippen LogP contribution >= 0.6 is 0 Å². The molecule has 0 amide bonds. The van der Waals surface area contributed by atoms with Gasteiger partial charge in [-0.1, -0.05) is 24.3 Å². The van der Waals surface area contributed by atoms with Gasteiger partial charge in [0.2, 0.25) is 0 Å². The lowest BCUT2D eigenvalue weighted by Crippen LogP contribution is -2.09. The van der Waals surface area contributed by atoms with Gasteiger partial charge in [0.05, 0.1) is 7.11 Å². The monoisotopic (exact) mass is 244 g/mol. The number of hydrogen-bond donors (Lipinski definition) is 1. The Hall–Kier alpha value is -2.43. The number of carbonyl (C=O) groups is 2. The van der Waals surface area contributed by atoms with E-state index in [2.05, 4.69) is 14.7 Å². The number of aromatic nitrogens is 2. The number of Topliss-reactive ketones (excluding diaryl/α,β-unsaturated/α-hetero) is 1. The number of nitrogens with zero attached hydrogens (tertiary/aromatic N) is 1. The van der Waals surface area contributed by atoms with E-state index in [1.807, 2.05) is 0 Å². The molecule has 0 aliphatic heterocycles. The molecule has 1 N–H and O–H groups in total. The molecule has 5 nitrogen and oxygen atoms in total. The zero-order valence-electron chi connectivity index (χ0n) is 9.84. The minimum absolute atomic E-state index is 0.239. The van der Waals surface area contributed by atoms with Crippen LogP contribution in [0.1, 0.15) is 16.8 Å². The Kier molecular flexibility index (Phi) is 3.52. The molecule has 0 unspecified atom stereocenters. The quantitative estimate of drug-likeness (QED) is 0.506. The lowest BCUT2D eigenvalue weighted by Gasteiger charge is -2.01. The molecule has 92 valence electrons. The van der Waals surface area contributed by atoms with Crippen molar-refractivity contribution in [1.82, 2.24) is 9.97 Å². The third kappa shape index (κ3) is 2.63. The van der Waals surface area contributed by atoms with Crippen LogP contribution in [0.2, 0.25) is 0 Å². The van der Waals surface area contributed by atoms with Crippen LogP contribution in [0.25, 0.3) is 11.4 Å². The third-order valence-electron chi connectivity index (χ3n) is 2.51. The summed E-state index contributed by atoms with van der Waals surface area (Å²) in [6.07, 6.45) is 3.15. The molecule has 0 aliphatic rings. The van der Waals surface area contributed by atoms with E-state index in [4.69, 9.17) is 0 Å². The number of esters is 1. The summed E-state index contributed by atoms with van der Waals surface area (Å²) in [4.78, 5) is 29.8. The number of rotatable bonds is 4. The summed E-state index contributed by atoms with van der Waals surface area (Å²) >= 11 is 0. The fraction of sp³-hybridized carbons (Fsp3) is 0.154. The highest BCUT2D eigenvalue weighted by atomic mass is 16.5. The molecule has 0 fully saturated rings. The number of ether oxygens (including phenoxy) is 1. The van der Waals surface area contributed by atoms with Crippen molar-refractivity contribution >= 4 is 11.8 Å². The van der Waals surface area contributed by atoms with Gasteiger partial charge in [0, 0.05) is 23.5 Å². The van der Waals surface area contributed by atoms with Crippen molar-refractivity contribution < 1.29 is 14.3 Å². The van der Waals surface area contributed by atoms with Gasteiger partial charge in [0.15, 0.2) is 5.78 Å². The standard InChI is InChI=1S/C13H12N2O3/c1-18-12(17)8-11(16)9-2-4-10(5-3-9)13-14-6-7-15-13/h2-7H,8H2,1H3,(H,14,15). The second-order valence-electron chi connectivity index (χ2n) is 3.69. The minimum atomic E-state index is -0.532. The molecule has 1 aromatic carbocycles. The van der Waals surface area contributed by atoms with Crippen LogP contribution in [0.5, 0.6) is 0 Å². The highest BCUT2D eigenvalue weighted by molar-refractivity contribution is 6.06. The van der Waals surface area contributed by atoms with E-state index in [1.54, 1.807) is 36.7 Å². The number of aromatic amines is 1. The van der Waals surface area contributed by atoms with Gasteiger partial charge < -0.3 is 9.72 Å². The summed E-state index contributed by atoms with van der Waals surface area (Å²) < 4.78 is 4.45. The maximum atomic E-state index is 11.7. The molecule has 18 heavy (non-hydrogen) atoms. The molecule has 0 radical (unpaired) electrons. The SMILES string of the molecule is COC(=O)CC(=O)c1ccc(-c2ncc[nH]2)cc1. The molecule has 0 bridgehead atoms. The van der Waals surface area contributed by atoms with E-state index in [1.165, 1.54) is 7.11 Å². The fourth-order valence-electron chi connectivity index (χ4n) is 1.54. The molecule has 1 heterocycles. The smallest absolute Gasteiger partial charge is 0.313 e. The van der Waals surface area contributed by atoms with Crippen molar-refractivity contribution in [2.75, 3.05) is 7.11 Å². The highest BCUT2D eigenvalue weighted by Crippen LogP contribution is 2.15. The summed E-state index contributed by atoms with van der Waals surface area (Å²) in [5.41, 5.74) is 1.37. The Morgan fingerprint density at radius 3 is 2.56 bits per heavy atom. The van der Waals surface area contributed by atoms with Gasteiger partial charge in [-0.2, -0.15) is 0 Å². The lowest BCUT2D eigenvalue weighted by molar-refractivity contribution is -0.139. The molecule has 0 saturated carbocycles. The van der Waals surface area contributed by atoms with E-state index in [9.17, 15) is 9.59 Å². The van der Waals surface area contributed by atoms with Crippen LogP contribution in [0.15, 0.2) is 36.7 Å². The molecular weight excluding hydrogens is 232 g/mol. The van der Waals surface area contributed by atoms with Gasteiger partial charge in [-0.05, 0) is 0 Å². The molecule has 0 saturated heterocycles. The number of hydrogen-bond acceptors (Lipinski definition) is 4. The Morgan fingerprint density at radius 1 is 1.28 bits per heavy atom. The van der Waals surface area contributed by atoms with Crippen molar-refractivity contribution in [1.29, 1.82) is 0 Å². The summed E-state index contributed by atoms with van der Waals surface area (Å²) in [7, 11) is 1.26. The Bertz CT molecular complexity index is 544. The van der Waals surface area contributed by atoms with Crippen LogP contribution in [-0.4, -0.2) is 28.8 Å². The van der Waals surface area contributed by atoms with Crippen molar-refractivity contribution in [3.8, 4) is 11.4 Å². The molecule has 1 aromatic heterocycles. The van der Waals surface area contributed by atoms with Gasteiger partial charge >= 0.3 is 5.97 Å². The molecule has 5 heteroatoms. The Balaban J connectivity index is 2.13. The van der Waals surface area contributed by atoms with E-state index in [0.717, 1.165) is 11.4 Å². The number of methoxy groups -OCH3 is 1. The van der Waals surface area contributed by atoms with Crippen LogP contribution < -0.4 is 0 Å². The molecule has 0 atom stereocenters. The molecule has 0 aliphatic carbocycles. The number of carbonyl (C=O) groups excluding carboxylic acids is 2. The van der Waals surface area contributed by atoms with Gasteiger partial charge in [-0.15, -0.1) is 0 Å². The van der Waals surface area contributed by atoms with Crippen LogP contribution in [0.3, 0.4) is 0 Å². The Morgan fingerprint density at radius 2 is 2.00 bits per heavy atom. The number of imidazole rings is 1. The summed E-state index contributed by atoms with van der Waals surface area (Å²) in [6.45, 7) is 0. The first kappa shape index (κ1) is 12.0. The van der Waals surface area contributed by atoms with Crippen LogP contribution in [0, 0.1) is 0 Å². The topological polar surface area (TPSA) is 72.1 Å². The Labute approximate surface area is 104 Å². The zero-order chi connectivity index (χ0) is 13.0. The normalized spacial score (nSPS) is 10.1. The van der Waals surface area contributed by atoms with Crippen molar-refractivity contribution in [3.05, 3.63) is 42.2 Å². The number of benzene rings is 1. The minimum Gasteiger partial charge on any atom is -0.469 e. The predicted octanol–water partition coefficient (Wildman–Crippen LogP) is 1.82. The largest absolute Gasteiger partial charge is 0.469 e. The lowest BCUT2D eigenvalue weighted by atomic mass is 10.1. The van der Waals surface area contributed by atoms with Crippen molar-refractivity contribution in [3.63, 3.8) is 0 Å². The zero-order valence-corrected chi connectivity index (χ0v) is 9.84. The van der Waals surface area contributed by atoms with Crippen LogP contribution in [-0.2, 0) is 9.53 Å². The fourth-order valence-corrected chi connectivity index (χ4v) is 1.54. The van der Waals surface area contributed by atoms with E-state index < -0.39 is 5.97 Å². The third-order valence-corrected chi connectivity index (χ3v) is 2.51. The molecule has 2 rings (SSSR count). The second-order valence-corrected chi connectivity index (χ2v) is 3.69. The van der Waals surface area contributed by atoms with Gasteiger partial charge in [-0.25, -0.2) is 4.98 Å². The molecular formula is C13H12N2O3. The maximum Gasteiger partial charge on any atom is 0.313 e. The number of ketones is 1.